The van der Waals surface area contributed by atoms with Crippen LogP contribution in [-0.4, -0.2) is 10.9 Å². The van der Waals surface area contributed by atoms with Crippen LogP contribution in [-0.2, 0) is 0 Å². The first-order valence-corrected chi connectivity index (χ1v) is 6.55. The molecule has 2 rings (SSSR count). The van der Waals surface area contributed by atoms with Crippen molar-refractivity contribution in [2.24, 2.45) is 0 Å². The number of hydrogen-bond donors (Lipinski definition) is 2. The average molecular weight is 294 g/mol. The van der Waals surface area contributed by atoms with Gasteiger partial charge in [0, 0.05) is 5.56 Å². The summed E-state index contributed by atoms with van der Waals surface area (Å²) in [6.07, 6.45) is 1.37. The molecule has 5 nitrogen and oxygen atoms in total. The van der Waals surface area contributed by atoms with Crippen molar-refractivity contribution in [2.45, 2.75) is 26.8 Å². The average Bonchev–Trinajstić information content (AvgIpc) is 2.71. The Kier molecular flexibility index (Phi) is 3.99. The van der Waals surface area contributed by atoms with Gasteiger partial charge in [0.15, 0.2) is 0 Å². The number of furan rings is 1. The molecule has 2 aromatic heterocycles. The van der Waals surface area contributed by atoms with Gasteiger partial charge in [-0.05, 0) is 32.9 Å². The first-order valence-electron chi connectivity index (χ1n) is 6.17. The van der Waals surface area contributed by atoms with E-state index in [-0.39, 0.29) is 17.1 Å². The summed E-state index contributed by atoms with van der Waals surface area (Å²) in [5, 5.41) is 3.10. The van der Waals surface area contributed by atoms with Crippen LogP contribution < -0.4 is 11.1 Å². The molecule has 106 valence electrons. The van der Waals surface area contributed by atoms with Crippen molar-refractivity contribution in [2.75, 3.05) is 5.73 Å². The number of anilines is 1. The van der Waals surface area contributed by atoms with Crippen LogP contribution in [0.15, 0.2) is 22.7 Å². The Morgan fingerprint density at radius 2 is 2.15 bits per heavy atom. The third-order valence-corrected chi connectivity index (χ3v) is 3.25. The number of hydrogen-bond acceptors (Lipinski definition) is 4. The number of halogens is 1. The number of carbonyl (C=O) groups excluding carboxylic acids is 1. The molecule has 0 fully saturated rings. The van der Waals surface area contributed by atoms with Gasteiger partial charge in [-0.1, -0.05) is 11.6 Å². The van der Waals surface area contributed by atoms with Crippen LogP contribution in [0.2, 0.25) is 5.15 Å². The van der Waals surface area contributed by atoms with E-state index in [0.29, 0.717) is 11.3 Å². The highest BCUT2D eigenvalue weighted by Crippen LogP contribution is 2.22. The Labute approximate surface area is 122 Å². The van der Waals surface area contributed by atoms with E-state index in [1.807, 2.05) is 26.8 Å². The minimum Gasteiger partial charge on any atom is -0.466 e. The minimum atomic E-state index is -0.294. The first-order chi connectivity index (χ1) is 9.38. The molecule has 1 unspecified atom stereocenters. The fourth-order valence-corrected chi connectivity index (χ4v) is 2.23. The number of nitrogens with two attached hydrogens (primary N) is 1. The second kappa shape index (κ2) is 5.54. The SMILES string of the molecule is Cc1cc(C(C)NC(=O)c2cc(Cl)ncc2N)c(C)o1. The quantitative estimate of drug-likeness (QED) is 0.852. The van der Waals surface area contributed by atoms with Crippen molar-refractivity contribution in [3.05, 3.63) is 46.1 Å². The zero-order valence-electron chi connectivity index (χ0n) is 11.5. The number of amides is 1. The highest BCUT2D eigenvalue weighted by Gasteiger charge is 2.18. The third-order valence-electron chi connectivity index (χ3n) is 3.04. The summed E-state index contributed by atoms with van der Waals surface area (Å²) in [7, 11) is 0. The topological polar surface area (TPSA) is 81.2 Å². The number of rotatable bonds is 3. The molecule has 2 aromatic rings. The van der Waals surface area contributed by atoms with E-state index in [2.05, 4.69) is 10.3 Å². The lowest BCUT2D eigenvalue weighted by Gasteiger charge is -2.14. The van der Waals surface area contributed by atoms with Crippen molar-refractivity contribution in [3.63, 3.8) is 0 Å². The van der Waals surface area contributed by atoms with Crippen LogP contribution in [0.1, 0.15) is 40.4 Å². The fraction of sp³-hybridized carbons (Fsp3) is 0.286. The lowest BCUT2D eigenvalue weighted by molar-refractivity contribution is 0.0940. The van der Waals surface area contributed by atoms with Gasteiger partial charge in [-0.15, -0.1) is 0 Å². The monoisotopic (exact) mass is 293 g/mol. The van der Waals surface area contributed by atoms with Crippen molar-refractivity contribution >= 4 is 23.2 Å². The molecule has 20 heavy (non-hydrogen) atoms. The van der Waals surface area contributed by atoms with Gasteiger partial charge < -0.3 is 15.5 Å². The molecule has 3 N–H and O–H groups in total. The molecule has 0 aliphatic heterocycles. The van der Waals surface area contributed by atoms with Crippen LogP contribution in [0.5, 0.6) is 0 Å². The second-order valence-electron chi connectivity index (χ2n) is 4.66. The standard InChI is InChI=1S/C14H16ClN3O2/c1-7-4-10(9(3)20-7)8(2)18-14(19)11-5-13(15)17-6-12(11)16/h4-6,8H,16H2,1-3H3,(H,18,19). The summed E-state index contributed by atoms with van der Waals surface area (Å²) in [5.41, 5.74) is 7.28. The zero-order valence-corrected chi connectivity index (χ0v) is 12.3. The predicted octanol–water partition coefficient (Wildman–Crippen LogP) is 3.02. The number of nitrogens with zero attached hydrogens (tertiary/aromatic N) is 1. The maximum Gasteiger partial charge on any atom is 0.254 e. The van der Waals surface area contributed by atoms with Crippen LogP contribution in [0, 0.1) is 13.8 Å². The Bertz CT molecular complexity index is 652. The minimum absolute atomic E-state index is 0.189. The Morgan fingerprint density at radius 3 is 2.75 bits per heavy atom. The molecule has 0 radical (unpaired) electrons. The summed E-state index contributed by atoms with van der Waals surface area (Å²) in [4.78, 5) is 16.0. The van der Waals surface area contributed by atoms with E-state index in [0.717, 1.165) is 17.1 Å². The molecule has 0 saturated carbocycles. The van der Waals surface area contributed by atoms with E-state index in [1.54, 1.807) is 0 Å². The number of carbonyl (C=O) groups is 1. The van der Waals surface area contributed by atoms with Gasteiger partial charge in [0.2, 0.25) is 0 Å². The summed E-state index contributed by atoms with van der Waals surface area (Å²) in [5.74, 6) is 1.30. The van der Waals surface area contributed by atoms with Crippen molar-refractivity contribution in [3.8, 4) is 0 Å². The van der Waals surface area contributed by atoms with Gasteiger partial charge >= 0.3 is 0 Å². The fourth-order valence-electron chi connectivity index (χ4n) is 2.07. The molecule has 0 saturated heterocycles. The molecule has 0 spiro atoms. The highest BCUT2D eigenvalue weighted by molar-refractivity contribution is 6.29. The Hall–Kier alpha value is -2.01. The summed E-state index contributed by atoms with van der Waals surface area (Å²) in [6.45, 7) is 5.61. The predicted molar refractivity (Wildman–Crippen MR) is 77.7 cm³/mol. The lowest BCUT2D eigenvalue weighted by Crippen LogP contribution is -2.27. The van der Waals surface area contributed by atoms with E-state index in [4.69, 9.17) is 21.8 Å². The van der Waals surface area contributed by atoms with Gasteiger partial charge in [0.25, 0.3) is 5.91 Å². The van der Waals surface area contributed by atoms with Crippen LogP contribution in [0.25, 0.3) is 0 Å². The molecular formula is C14H16ClN3O2. The van der Waals surface area contributed by atoms with E-state index >= 15 is 0 Å². The summed E-state index contributed by atoms with van der Waals surface area (Å²) in [6, 6.07) is 3.17. The molecule has 0 aliphatic carbocycles. The first kappa shape index (κ1) is 14.4. The van der Waals surface area contributed by atoms with E-state index in [9.17, 15) is 4.79 Å². The zero-order chi connectivity index (χ0) is 14.9. The van der Waals surface area contributed by atoms with Gasteiger partial charge in [0.1, 0.15) is 16.7 Å². The smallest absolute Gasteiger partial charge is 0.254 e. The maximum absolute atomic E-state index is 12.2. The van der Waals surface area contributed by atoms with Crippen LogP contribution in [0.4, 0.5) is 5.69 Å². The third kappa shape index (κ3) is 2.93. The number of aromatic nitrogens is 1. The summed E-state index contributed by atoms with van der Waals surface area (Å²) < 4.78 is 5.46. The van der Waals surface area contributed by atoms with Gasteiger partial charge in [-0.3, -0.25) is 4.79 Å². The molecule has 2 heterocycles. The molecule has 6 heteroatoms. The molecule has 0 aromatic carbocycles. The van der Waals surface area contributed by atoms with Gasteiger partial charge in [-0.2, -0.15) is 0 Å². The molecule has 0 aliphatic rings. The molecular weight excluding hydrogens is 278 g/mol. The van der Waals surface area contributed by atoms with E-state index in [1.165, 1.54) is 12.3 Å². The highest BCUT2D eigenvalue weighted by atomic mass is 35.5. The van der Waals surface area contributed by atoms with Crippen molar-refractivity contribution in [1.82, 2.24) is 10.3 Å². The lowest BCUT2D eigenvalue weighted by atomic mass is 10.1. The number of aryl methyl sites for hydroxylation is 2. The summed E-state index contributed by atoms with van der Waals surface area (Å²) >= 11 is 5.78. The molecule has 1 amide bonds. The van der Waals surface area contributed by atoms with Crippen LogP contribution in [0.3, 0.4) is 0 Å². The maximum atomic E-state index is 12.2. The normalized spacial score (nSPS) is 12.2. The largest absolute Gasteiger partial charge is 0.466 e. The number of nitrogens with one attached hydrogen (secondary N) is 1. The second-order valence-corrected chi connectivity index (χ2v) is 5.05. The van der Waals surface area contributed by atoms with Gasteiger partial charge in [0.05, 0.1) is 23.5 Å². The van der Waals surface area contributed by atoms with Crippen LogP contribution >= 0.6 is 11.6 Å². The number of pyridine rings is 1. The van der Waals surface area contributed by atoms with Crippen molar-refractivity contribution < 1.29 is 9.21 Å². The molecule has 1 atom stereocenters. The number of nitrogen functional groups attached to an aromatic ring is 1. The Morgan fingerprint density at radius 1 is 1.45 bits per heavy atom. The Balaban J connectivity index is 2.19. The van der Waals surface area contributed by atoms with Gasteiger partial charge in [-0.25, -0.2) is 4.98 Å². The molecule has 0 bridgehead atoms. The van der Waals surface area contributed by atoms with E-state index < -0.39 is 0 Å². The van der Waals surface area contributed by atoms with Crippen molar-refractivity contribution in [1.29, 1.82) is 0 Å².